The number of para-hydroxylation sites is 2. The lowest BCUT2D eigenvalue weighted by molar-refractivity contribution is 0.416. The maximum absolute atomic E-state index is 5.51. The third-order valence-corrected chi connectivity index (χ3v) is 5.41. The van der Waals surface area contributed by atoms with Gasteiger partial charge in [0.1, 0.15) is 5.75 Å². The van der Waals surface area contributed by atoms with Crippen molar-refractivity contribution in [3.05, 3.63) is 66.2 Å². The van der Waals surface area contributed by atoms with E-state index in [9.17, 15) is 0 Å². The van der Waals surface area contributed by atoms with Crippen molar-refractivity contribution in [3.8, 4) is 22.8 Å². The van der Waals surface area contributed by atoms with E-state index in [4.69, 9.17) is 4.74 Å². The second kappa shape index (κ2) is 7.08. The van der Waals surface area contributed by atoms with Crippen LogP contribution in [0.2, 0.25) is 0 Å². The molecule has 0 bridgehead atoms. The van der Waals surface area contributed by atoms with E-state index in [2.05, 4.69) is 15.2 Å². The highest BCUT2D eigenvalue weighted by Gasteiger charge is 2.19. The molecule has 0 spiro atoms. The van der Waals surface area contributed by atoms with Crippen LogP contribution < -0.4 is 4.74 Å². The van der Waals surface area contributed by atoms with Crippen LogP contribution in [0.4, 0.5) is 0 Å². The number of hydrogen-bond donors (Lipinski definition) is 0. The zero-order chi connectivity index (χ0) is 17.1. The molecule has 0 N–H and O–H groups in total. The first kappa shape index (κ1) is 15.9. The van der Waals surface area contributed by atoms with Gasteiger partial charge in [-0.3, -0.25) is 4.57 Å². The molecule has 25 heavy (non-hydrogen) atoms. The molecular weight excluding hydrogens is 352 g/mol. The molecular formula is C18H14N4OS2. The summed E-state index contributed by atoms with van der Waals surface area (Å²) >= 11 is 3.08. The normalized spacial score (nSPS) is 10.8. The highest BCUT2D eigenvalue weighted by molar-refractivity contribution is 8.00. The van der Waals surface area contributed by atoms with Gasteiger partial charge in [0.25, 0.3) is 0 Å². The predicted octanol–water partition coefficient (Wildman–Crippen LogP) is 4.55. The number of methoxy groups -OCH3 is 1. The van der Waals surface area contributed by atoms with Crippen LogP contribution in [0.1, 0.15) is 0 Å². The molecule has 0 atom stereocenters. The summed E-state index contributed by atoms with van der Waals surface area (Å²) < 4.78 is 8.47. The third-order valence-electron chi connectivity index (χ3n) is 3.58. The summed E-state index contributed by atoms with van der Waals surface area (Å²) in [4.78, 5) is 4.34. The molecule has 0 fully saturated rings. The summed E-state index contributed by atoms with van der Waals surface area (Å²) in [5.41, 5.74) is 1.89. The monoisotopic (exact) mass is 366 g/mol. The van der Waals surface area contributed by atoms with Gasteiger partial charge in [-0.05, 0) is 36.0 Å². The molecule has 4 rings (SSSR count). The Balaban J connectivity index is 1.89. The van der Waals surface area contributed by atoms with Crippen LogP contribution in [0.5, 0.6) is 5.75 Å². The number of aromatic nitrogens is 4. The number of hydrogen-bond acceptors (Lipinski definition) is 6. The topological polar surface area (TPSA) is 52.8 Å². The highest BCUT2D eigenvalue weighted by atomic mass is 32.2. The quantitative estimate of drug-likeness (QED) is 0.519. The van der Waals surface area contributed by atoms with Crippen molar-refractivity contribution in [2.45, 2.75) is 9.50 Å². The SMILES string of the molecule is COc1ccccc1-c1nnc(Sc2nccs2)n1-c1ccccc1. The third kappa shape index (κ3) is 3.16. The van der Waals surface area contributed by atoms with E-state index >= 15 is 0 Å². The first-order valence-corrected chi connectivity index (χ1v) is 9.28. The van der Waals surface area contributed by atoms with E-state index in [1.165, 1.54) is 11.8 Å². The van der Waals surface area contributed by atoms with Gasteiger partial charge in [-0.25, -0.2) is 4.98 Å². The molecule has 0 aliphatic rings. The van der Waals surface area contributed by atoms with Gasteiger partial charge in [0.2, 0.25) is 5.16 Å². The van der Waals surface area contributed by atoms with E-state index in [0.29, 0.717) is 0 Å². The highest BCUT2D eigenvalue weighted by Crippen LogP contribution is 2.35. The molecule has 124 valence electrons. The summed E-state index contributed by atoms with van der Waals surface area (Å²) in [7, 11) is 1.66. The molecule has 5 nitrogen and oxygen atoms in total. The van der Waals surface area contributed by atoms with Gasteiger partial charge in [0.15, 0.2) is 10.2 Å². The fraction of sp³-hybridized carbons (Fsp3) is 0.0556. The minimum atomic E-state index is 0.739. The fourth-order valence-electron chi connectivity index (χ4n) is 2.49. The molecule has 4 aromatic rings. The smallest absolute Gasteiger partial charge is 0.203 e. The van der Waals surface area contributed by atoms with Gasteiger partial charge >= 0.3 is 0 Å². The number of rotatable bonds is 5. The lowest BCUT2D eigenvalue weighted by atomic mass is 10.2. The molecule has 0 aliphatic carbocycles. The number of ether oxygens (including phenoxy) is 1. The predicted molar refractivity (Wildman–Crippen MR) is 99.6 cm³/mol. The maximum atomic E-state index is 5.51. The van der Waals surface area contributed by atoms with Crippen molar-refractivity contribution in [2.24, 2.45) is 0 Å². The van der Waals surface area contributed by atoms with E-state index in [1.54, 1.807) is 24.6 Å². The van der Waals surface area contributed by atoms with Crippen molar-refractivity contribution in [1.82, 2.24) is 19.7 Å². The van der Waals surface area contributed by atoms with Crippen LogP contribution in [0.3, 0.4) is 0 Å². The molecule has 2 heterocycles. The Kier molecular flexibility index (Phi) is 4.49. The average Bonchev–Trinajstić information content (AvgIpc) is 3.32. The average molecular weight is 366 g/mol. The van der Waals surface area contributed by atoms with Crippen molar-refractivity contribution in [2.75, 3.05) is 7.11 Å². The minimum Gasteiger partial charge on any atom is -0.496 e. The van der Waals surface area contributed by atoms with Crippen molar-refractivity contribution >= 4 is 23.1 Å². The summed E-state index contributed by atoms with van der Waals surface area (Å²) in [6.07, 6.45) is 1.79. The summed E-state index contributed by atoms with van der Waals surface area (Å²) in [6.45, 7) is 0. The Bertz CT molecular complexity index is 968. The Morgan fingerprint density at radius 1 is 1.00 bits per heavy atom. The van der Waals surface area contributed by atoms with Crippen molar-refractivity contribution in [3.63, 3.8) is 0 Å². The summed E-state index contributed by atoms with van der Waals surface area (Å²) in [5.74, 6) is 1.50. The van der Waals surface area contributed by atoms with Gasteiger partial charge in [-0.1, -0.05) is 30.3 Å². The second-order valence-electron chi connectivity index (χ2n) is 5.08. The Morgan fingerprint density at radius 3 is 2.56 bits per heavy atom. The zero-order valence-corrected chi connectivity index (χ0v) is 15.0. The first-order valence-electron chi connectivity index (χ1n) is 7.58. The van der Waals surface area contributed by atoms with E-state index in [0.717, 1.165) is 32.3 Å². The van der Waals surface area contributed by atoms with Crippen LogP contribution in [-0.2, 0) is 0 Å². The standard InChI is InChI=1S/C18H14N4OS2/c1-23-15-10-6-5-9-14(15)16-20-21-17(25-18-19-11-12-24-18)22(16)13-7-3-2-4-8-13/h2-12H,1H3. The van der Waals surface area contributed by atoms with Crippen LogP contribution in [0.15, 0.2) is 75.7 Å². The van der Waals surface area contributed by atoms with Gasteiger partial charge in [-0.15, -0.1) is 21.5 Å². The Labute approximate surface area is 153 Å². The molecule has 0 amide bonds. The fourth-order valence-corrected chi connectivity index (χ4v) is 4.07. The summed E-state index contributed by atoms with van der Waals surface area (Å²) in [6, 6.07) is 17.9. The van der Waals surface area contributed by atoms with Crippen molar-refractivity contribution in [1.29, 1.82) is 0 Å². The maximum Gasteiger partial charge on any atom is 0.203 e. The minimum absolute atomic E-state index is 0.739. The molecule has 7 heteroatoms. The number of thiazole rings is 1. The molecule has 2 aromatic heterocycles. The molecule has 0 saturated heterocycles. The van der Waals surface area contributed by atoms with Gasteiger partial charge in [0, 0.05) is 17.3 Å². The molecule has 0 aliphatic heterocycles. The molecule has 0 unspecified atom stereocenters. The molecule has 0 saturated carbocycles. The molecule has 2 aromatic carbocycles. The van der Waals surface area contributed by atoms with Crippen LogP contribution in [0, 0.1) is 0 Å². The lowest BCUT2D eigenvalue weighted by Crippen LogP contribution is -2.00. The van der Waals surface area contributed by atoms with Gasteiger partial charge in [-0.2, -0.15) is 0 Å². The van der Waals surface area contributed by atoms with Crippen LogP contribution in [0.25, 0.3) is 17.1 Å². The van der Waals surface area contributed by atoms with Crippen molar-refractivity contribution < 1.29 is 4.74 Å². The Hall–Kier alpha value is -2.64. The van der Waals surface area contributed by atoms with Gasteiger partial charge in [0.05, 0.1) is 12.7 Å². The molecule has 0 radical (unpaired) electrons. The number of nitrogens with zero attached hydrogens (tertiary/aromatic N) is 4. The lowest BCUT2D eigenvalue weighted by Gasteiger charge is -2.11. The van der Waals surface area contributed by atoms with E-state index in [1.807, 2.05) is 64.5 Å². The first-order chi connectivity index (χ1) is 12.4. The second-order valence-corrected chi connectivity index (χ2v) is 7.19. The van der Waals surface area contributed by atoms with E-state index < -0.39 is 0 Å². The van der Waals surface area contributed by atoms with Crippen LogP contribution in [-0.4, -0.2) is 26.9 Å². The van der Waals surface area contributed by atoms with Gasteiger partial charge < -0.3 is 4.74 Å². The largest absolute Gasteiger partial charge is 0.496 e. The van der Waals surface area contributed by atoms with Crippen LogP contribution >= 0.6 is 23.1 Å². The zero-order valence-electron chi connectivity index (χ0n) is 13.4. The summed E-state index contributed by atoms with van der Waals surface area (Å²) in [5, 5.41) is 11.6. The van der Waals surface area contributed by atoms with E-state index in [-0.39, 0.29) is 0 Å². The number of benzene rings is 2. The Morgan fingerprint density at radius 2 is 1.80 bits per heavy atom.